The van der Waals surface area contributed by atoms with Crippen molar-refractivity contribution in [1.82, 2.24) is 10.2 Å². The van der Waals surface area contributed by atoms with Crippen molar-refractivity contribution in [3.8, 4) is 0 Å². The molecule has 1 fully saturated rings. The van der Waals surface area contributed by atoms with E-state index in [9.17, 15) is 14.4 Å². The molecular formula is C15H27N3O4. The second kappa shape index (κ2) is 6.98. The molecule has 3 amide bonds. The predicted octanol–water partition coefficient (Wildman–Crippen LogP) is 1.01. The molecule has 126 valence electrons. The number of hydrogen-bond acceptors (Lipinski definition) is 4. The Kier molecular flexibility index (Phi) is 5.79. The summed E-state index contributed by atoms with van der Waals surface area (Å²) >= 11 is 0. The van der Waals surface area contributed by atoms with E-state index in [-0.39, 0.29) is 11.8 Å². The average Bonchev–Trinajstić information content (AvgIpc) is 2.81. The maximum atomic E-state index is 12.7. The number of amides is 3. The summed E-state index contributed by atoms with van der Waals surface area (Å²) in [6, 6.07) is -1.33. The van der Waals surface area contributed by atoms with Crippen LogP contribution in [0.4, 0.5) is 4.79 Å². The van der Waals surface area contributed by atoms with Crippen molar-refractivity contribution in [3.63, 3.8) is 0 Å². The first kappa shape index (κ1) is 18.3. The number of primary amides is 1. The Balaban J connectivity index is 2.80. The molecule has 7 heteroatoms. The smallest absolute Gasteiger partial charge is 0.408 e. The molecule has 0 saturated carbocycles. The standard InChI is InChI=1S/C15H27N3O4/c1-9(2)11(17-14(21)22-15(3,4)5)13(20)18-8-6-7-10(18)12(16)19/h9-11H,6-8H2,1-5H3,(H2,16,19)(H,17,21). The fraction of sp³-hybridized carbons (Fsp3) is 0.800. The van der Waals surface area contributed by atoms with Gasteiger partial charge in [-0.3, -0.25) is 9.59 Å². The van der Waals surface area contributed by atoms with Gasteiger partial charge >= 0.3 is 6.09 Å². The maximum Gasteiger partial charge on any atom is 0.408 e. The summed E-state index contributed by atoms with van der Waals surface area (Å²) in [6.45, 7) is 9.39. The molecule has 2 unspecified atom stereocenters. The second-order valence-electron chi connectivity index (χ2n) is 6.96. The number of likely N-dealkylation sites (tertiary alicyclic amines) is 1. The van der Waals surface area contributed by atoms with Gasteiger partial charge in [0.05, 0.1) is 0 Å². The number of rotatable bonds is 4. The molecule has 2 atom stereocenters. The minimum absolute atomic E-state index is 0.130. The van der Waals surface area contributed by atoms with E-state index in [1.165, 1.54) is 4.90 Å². The van der Waals surface area contributed by atoms with Gasteiger partial charge < -0.3 is 20.7 Å². The molecule has 0 radical (unpaired) electrons. The predicted molar refractivity (Wildman–Crippen MR) is 81.9 cm³/mol. The Bertz CT molecular complexity index is 443. The van der Waals surface area contributed by atoms with Crippen LogP contribution in [-0.4, -0.2) is 47.0 Å². The van der Waals surface area contributed by atoms with Crippen LogP contribution in [0.3, 0.4) is 0 Å². The molecule has 1 saturated heterocycles. The maximum absolute atomic E-state index is 12.7. The molecule has 1 aliphatic heterocycles. The highest BCUT2D eigenvalue weighted by Gasteiger charge is 2.38. The highest BCUT2D eigenvalue weighted by molar-refractivity contribution is 5.91. The van der Waals surface area contributed by atoms with Crippen LogP contribution in [0.1, 0.15) is 47.5 Å². The summed E-state index contributed by atoms with van der Waals surface area (Å²) in [5, 5.41) is 2.60. The van der Waals surface area contributed by atoms with Gasteiger partial charge in [-0.15, -0.1) is 0 Å². The monoisotopic (exact) mass is 313 g/mol. The van der Waals surface area contributed by atoms with E-state index in [4.69, 9.17) is 10.5 Å². The number of carbonyl (C=O) groups is 3. The van der Waals surface area contributed by atoms with Gasteiger partial charge in [0.2, 0.25) is 11.8 Å². The lowest BCUT2D eigenvalue weighted by molar-refractivity contribution is -0.139. The van der Waals surface area contributed by atoms with Crippen molar-refractivity contribution in [2.24, 2.45) is 11.7 Å². The summed E-state index contributed by atoms with van der Waals surface area (Å²) in [5.41, 5.74) is 4.70. The average molecular weight is 313 g/mol. The first-order valence-corrected chi connectivity index (χ1v) is 7.62. The first-order valence-electron chi connectivity index (χ1n) is 7.62. The van der Waals surface area contributed by atoms with E-state index in [1.807, 2.05) is 13.8 Å². The van der Waals surface area contributed by atoms with Crippen LogP contribution in [0.15, 0.2) is 0 Å². The zero-order valence-electron chi connectivity index (χ0n) is 14.0. The zero-order chi connectivity index (χ0) is 17.1. The Morgan fingerprint density at radius 2 is 1.86 bits per heavy atom. The lowest BCUT2D eigenvalue weighted by Gasteiger charge is -2.30. The zero-order valence-corrected chi connectivity index (χ0v) is 14.0. The topological polar surface area (TPSA) is 102 Å². The van der Waals surface area contributed by atoms with Crippen molar-refractivity contribution in [1.29, 1.82) is 0 Å². The van der Waals surface area contributed by atoms with Crippen molar-refractivity contribution >= 4 is 17.9 Å². The van der Waals surface area contributed by atoms with Crippen molar-refractivity contribution in [2.75, 3.05) is 6.54 Å². The van der Waals surface area contributed by atoms with Gasteiger partial charge in [0.1, 0.15) is 17.7 Å². The van der Waals surface area contributed by atoms with E-state index in [0.717, 1.165) is 6.42 Å². The van der Waals surface area contributed by atoms with Gasteiger partial charge in [-0.1, -0.05) is 13.8 Å². The Labute approximate surface area is 131 Å². The SMILES string of the molecule is CC(C)C(NC(=O)OC(C)(C)C)C(=O)N1CCCC1C(N)=O. The van der Waals surface area contributed by atoms with E-state index in [0.29, 0.717) is 13.0 Å². The van der Waals surface area contributed by atoms with Gasteiger partial charge in [0, 0.05) is 6.54 Å². The Morgan fingerprint density at radius 3 is 2.32 bits per heavy atom. The third-order valence-electron chi connectivity index (χ3n) is 3.47. The minimum atomic E-state index is -0.741. The molecule has 0 aromatic carbocycles. The summed E-state index contributed by atoms with van der Waals surface area (Å²) in [4.78, 5) is 37.5. The van der Waals surface area contributed by atoms with Crippen molar-refractivity contribution < 1.29 is 19.1 Å². The Hall–Kier alpha value is -1.79. The number of nitrogens with one attached hydrogen (secondary N) is 1. The lowest BCUT2D eigenvalue weighted by atomic mass is 10.0. The van der Waals surface area contributed by atoms with Crippen LogP contribution in [0.25, 0.3) is 0 Å². The number of nitrogens with two attached hydrogens (primary N) is 1. The second-order valence-corrected chi connectivity index (χ2v) is 6.96. The van der Waals surface area contributed by atoms with E-state index >= 15 is 0 Å². The minimum Gasteiger partial charge on any atom is -0.444 e. The third-order valence-corrected chi connectivity index (χ3v) is 3.47. The Morgan fingerprint density at radius 1 is 1.27 bits per heavy atom. The summed E-state index contributed by atoms with van der Waals surface area (Å²) in [6.07, 6.45) is 0.656. The van der Waals surface area contributed by atoms with Crippen molar-refractivity contribution in [3.05, 3.63) is 0 Å². The van der Waals surface area contributed by atoms with Crippen LogP contribution in [0.2, 0.25) is 0 Å². The van der Waals surface area contributed by atoms with Crippen LogP contribution in [0, 0.1) is 5.92 Å². The quantitative estimate of drug-likeness (QED) is 0.808. The number of ether oxygens (including phenoxy) is 1. The molecule has 0 bridgehead atoms. The first-order chi connectivity index (χ1) is 10.0. The molecule has 7 nitrogen and oxygen atoms in total. The summed E-state index contributed by atoms with van der Waals surface area (Å²) in [7, 11) is 0. The molecule has 0 aromatic rings. The fourth-order valence-corrected chi connectivity index (χ4v) is 2.45. The number of hydrogen-bond donors (Lipinski definition) is 2. The van der Waals surface area contributed by atoms with Crippen LogP contribution in [0.5, 0.6) is 0 Å². The summed E-state index contributed by atoms with van der Waals surface area (Å²) in [5.74, 6) is -0.929. The highest BCUT2D eigenvalue weighted by Crippen LogP contribution is 2.20. The van der Waals surface area contributed by atoms with Crippen molar-refractivity contribution in [2.45, 2.75) is 65.1 Å². The molecule has 1 aliphatic rings. The van der Waals surface area contributed by atoms with Gasteiger partial charge in [-0.2, -0.15) is 0 Å². The molecule has 0 aliphatic carbocycles. The molecule has 3 N–H and O–H groups in total. The molecule has 1 heterocycles. The third kappa shape index (κ3) is 4.89. The van der Waals surface area contributed by atoms with Gasteiger partial charge in [0.25, 0.3) is 0 Å². The largest absolute Gasteiger partial charge is 0.444 e. The summed E-state index contributed by atoms with van der Waals surface area (Å²) < 4.78 is 5.19. The number of nitrogens with zero attached hydrogens (tertiary/aromatic N) is 1. The highest BCUT2D eigenvalue weighted by atomic mass is 16.6. The molecule has 22 heavy (non-hydrogen) atoms. The number of carbonyl (C=O) groups excluding carboxylic acids is 3. The van der Waals surface area contributed by atoms with E-state index < -0.39 is 29.7 Å². The fourth-order valence-electron chi connectivity index (χ4n) is 2.45. The molecular weight excluding hydrogens is 286 g/mol. The number of alkyl carbamates (subject to hydrolysis) is 1. The molecule has 0 spiro atoms. The van der Waals surface area contributed by atoms with Crippen LogP contribution >= 0.6 is 0 Å². The lowest BCUT2D eigenvalue weighted by Crippen LogP contribution is -2.55. The van der Waals surface area contributed by atoms with E-state index in [1.54, 1.807) is 20.8 Å². The van der Waals surface area contributed by atoms with E-state index in [2.05, 4.69) is 5.32 Å². The molecule has 1 rings (SSSR count). The van der Waals surface area contributed by atoms with Gasteiger partial charge in [-0.05, 0) is 39.5 Å². The van der Waals surface area contributed by atoms with Gasteiger partial charge in [0.15, 0.2) is 0 Å². The molecule has 0 aromatic heterocycles. The normalized spacial score (nSPS) is 19.9. The van der Waals surface area contributed by atoms with Crippen LogP contribution < -0.4 is 11.1 Å². The van der Waals surface area contributed by atoms with Gasteiger partial charge in [-0.25, -0.2) is 4.79 Å². The van der Waals surface area contributed by atoms with Crippen LogP contribution in [-0.2, 0) is 14.3 Å².